The first-order valence-electron chi connectivity index (χ1n) is 6.52. The Morgan fingerprint density at radius 2 is 1.80 bits per heavy atom. The summed E-state index contributed by atoms with van der Waals surface area (Å²) in [5, 5.41) is 0.692. The molecule has 0 spiro atoms. The predicted octanol–water partition coefficient (Wildman–Crippen LogP) is 3.39. The summed E-state index contributed by atoms with van der Waals surface area (Å²) in [6, 6.07) is 15.5. The van der Waals surface area contributed by atoms with Crippen molar-refractivity contribution in [3.8, 4) is 5.75 Å². The van der Waals surface area contributed by atoms with Crippen molar-refractivity contribution in [2.24, 2.45) is 5.73 Å². The minimum atomic E-state index is 0.474. The van der Waals surface area contributed by atoms with E-state index in [9.17, 15) is 0 Å². The molecule has 0 aliphatic heterocycles. The van der Waals surface area contributed by atoms with Crippen molar-refractivity contribution in [2.75, 3.05) is 13.2 Å². The van der Waals surface area contributed by atoms with Crippen LogP contribution in [0.4, 0.5) is 0 Å². The van der Waals surface area contributed by atoms with Gasteiger partial charge in [0.2, 0.25) is 0 Å². The van der Waals surface area contributed by atoms with Gasteiger partial charge in [0.1, 0.15) is 12.4 Å². The van der Waals surface area contributed by atoms with Crippen molar-refractivity contribution in [3.05, 3.63) is 64.7 Å². The normalized spacial score (nSPS) is 10.5. The molecule has 3 nitrogen and oxygen atoms in total. The van der Waals surface area contributed by atoms with Crippen LogP contribution >= 0.6 is 11.6 Å². The number of hydrogen-bond acceptors (Lipinski definition) is 3. The molecule has 0 aromatic heterocycles. The molecule has 2 aromatic rings. The van der Waals surface area contributed by atoms with Crippen LogP contribution in [-0.2, 0) is 17.9 Å². The van der Waals surface area contributed by atoms with Crippen molar-refractivity contribution in [2.45, 2.75) is 13.2 Å². The minimum Gasteiger partial charge on any atom is -0.491 e. The Morgan fingerprint density at radius 3 is 2.50 bits per heavy atom. The maximum absolute atomic E-state index is 6.15. The van der Waals surface area contributed by atoms with Crippen molar-refractivity contribution < 1.29 is 9.47 Å². The van der Waals surface area contributed by atoms with Crippen molar-refractivity contribution in [3.63, 3.8) is 0 Å². The Labute approximate surface area is 124 Å². The van der Waals surface area contributed by atoms with E-state index in [2.05, 4.69) is 0 Å². The zero-order chi connectivity index (χ0) is 14.2. The topological polar surface area (TPSA) is 44.5 Å². The number of rotatable bonds is 7. The summed E-state index contributed by atoms with van der Waals surface area (Å²) in [4.78, 5) is 0. The Kier molecular flexibility index (Phi) is 5.87. The molecule has 0 radical (unpaired) electrons. The van der Waals surface area contributed by atoms with E-state index in [1.54, 1.807) is 0 Å². The van der Waals surface area contributed by atoms with Crippen LogP contribution in [0.2, 0.25) is 5.02 Å². The maximum atomic E-state index is 6.15. The molecule has 0 atom stereocenters. The summed E-state index contributed by atoms with van der Waals surface area (Å²) in [7, 11) is 0. The molecule has 106 valence electrons. The zero-order valence-electron chi connectivity index (χ0n) is 11.2. The van der Waals surface area contributed by atoms with Crippen LogP contribution in [0.15, 0.2) is 48.5 Å². The molecule has 20 heavy (non-hydrogen) atoms. The van der Waals surface area contributed by atoms with Gasteiger partial charge in [0.25, 0.3) is 0 Å². The first-order chi connectivity index (χ1) is 9.79. The second kappa shape index (κ2) is 7.90. The average molecular weight is 292 g/mol. The molecule has 0 saturated heterocycles. The Balaban J connectivity index is 1.71. The van der Waals surface area contributed by atoms with Gasteiger partial charge in [-0.1, -0.05) is 41.9 Å². The van der Waals surface area contributed by atoms with E-state index in [0.29, 0.717) is 31.4 Å². The molecule has 0 unspecified atom stereocenters. The SMILES string of the molecule is NCc1ccc(COCCOc2ccccc2)c(Cl)c1. The van der Waals surface area contributed by atoms with Crippen molar-refractivity contribution in [1.29, 1.82) is 0 Å². The minimum absolute atomic E-state index is 0.474. The van der Waals surface area contributed by atoms with Gasteiger partial charge in [-0.2, -0.15) is 0 Å². The third-order valence-electron chi connectivity index (χ3n) is 2.85. The molecule has 0 fully saturated rings. The lowest BCUT2D eigenvalue weighted by Crippen LogP contribution is -2.07. The highest BCUT2D eigenvalue weighted by Gasteiger charge is 2.02. The van der Waals surface area contributed by atoms with Crippen LogP contribution in [0.3, 0.4) is 0 Å². The van der Waals surface area contributed by atoms with Gasteiger partial charge in [-0.15, -0.1) is 0 Å². The number of halogens is 1. The zero-order valence-corrected chi connectivity index (χ0v) is 12.0. The number of hydrogen-bond donors (Lipinski definition) is 1. The second-order valence-electron chi connectivity index (χ2n) is 4.34. The highest BCUT2D eigenvalue weighted by atomic mass is 35.5. The highest BCUT2D eigenvalue weighted by molar-refractivity contribution is 6.31. The predicted molar refractivity (Wildman–Crippen MR) is 80.9 cm³/mol. The highest BCUT2D eigenvalue weighted by Crippen LogP contribution is 2.18. The largest absolute Gasteiger partial charge is 0.491 e. The lowest BCUT2D eigenvalue weighted by atomic mass is 10.1. The van der Waals surface area contributed by atoms with Gasteiger partial charge in [-0.25, -0.2) is 0 Å². The van der Waals surface area contributed by atoms with E-state index in [1.165, 1.54) is 0 Å². The quantitative estimate of drug-likeness (QED) is 0.795. The van der Waals surface area contributed by atoms with Crippen molar-refractivity contribution in [1.82, 2.24) is 0 Å². The van der Waals surface area contributed by atoms with Crippen LogP contribution in [0, 0.1) is 0 Å². The average Bonchev–Trinajstić information content (AvgIpc) is 2.49. The molecule has 4 heteroatoms. The first-order valence-corrected chi connectivity index (χ1v) is 6.90. The van der Waals surface area contributed by atoms with Crippen LogP contribution in [0.5, 0.6) is 5.75 Å². The van der Waals surface area contributed by atoms with Crippen LogP contribution in [0.1, 0.15) is 11.1 Å². The standard InChI is InChI=1S/C16H18ClNO2/c17-16-10-13(11-18)6-7-14(16)12-19-8-9-20-15-4-2-1-3-5-15/h1-7,10H,8-9,11-12,18H2. The van der Waals surface area contributed by atoms with Crippen LogP contribution in [0.25, 0.3) is 0 Å². The number of ether oxygens (including phenoxy) is 2. The summed E-state index contributed by atoms with van der Waals surface area (Å²) in [5.74, 6) is 0.849. The van der Waals surface area contributed by atoms with Gasteiger partial charge < -0.3 is 15.2 Å². The molecule has 2 aromatic carbocycles. The lowest BCUT2D eigenvalue weighted by molar-refractivity contribution is 0.0889. The summed E-state index contributed by atoms with van der Waals surface area (Å²) >= 11 is 6.15. The first kappa shape index (κ1) is 14.9. The molecular formula is C16H18ClNO2. The van der Waals surface area contributed by atoms with E-state index in [-0.39, 0.29) is 0 Å². The molecular weight excluding hydrogens is 274 g/mol. The van der Waals surface area contributed by atoms with Crippen LogP contribution < -0.4 is 10.5 Å². The number of para-hydroxylation sites is 1. The third-order valence-corrected chi connectivity index (χ3v) is 3.20. The summed E-state index contributed by atoms with van der Waals surface area (Å²) in [5.41, 5.74) is 7.54. The van der Waals surface area contributed by atoms with Gasteiger partial charge in [0.05, 0.1) is 13.2 Å². The Hall–Kier alpha value is -1.55. The van der Waals surface area contributed by atoms with E-state index >= 15 is 0 Å². The molecule has 0 amide bonds. The summed E-state index contributed by atoms with van der Waals surface area (Å²) in [6.45, 7) is 2.00. The number of nitrogens with two attached hydrogens (primary N) is 1. The molecule has 0 bridgehead atoms. The third kappa shape index (κ3) is 4.53. The molecule has 0 aliphatic rings. The van der Waals surface area contributed by atoms with Crippen molar-refractivity contribution >= 4 is 11.6 Å². The smallest absolute Gasteiger partial charge is 0.119 e. The maximum Gasteiger partial charge on any atom is 0.119 e. The van der Waals surface area contributed by atoms with Gasteiger partial charge in [0, 0.05) is 11.6 Å². The molecule has 2 N–H and O–H groups in total. The fourth-order valence-corrected chi connectivity index (χ4v) is 2.01. The summed E-state index contributed by atoms with van der Waals surface area (Å²) < 4.78 is 11.1. The van der Waals surface area contributed by atoms with Gasteiger partial charge in [-0.3, -0.25) is 0 Å². The second-order valence-corrected chi connectivity index (χ2v) is 4.75. The monoisotopic (exact) mass is 291 g/mol. The van der Waals surface area contributed by atoms with E-state index < -0.39 is 0 Å². The molecule has 0 heterocycles. The van der Waals surface area contributed by atoms with Gasteiger partial charge in [-0.05, 0) is 29.3 Å². The van der Waals surface area contributed by atoms with E-state index in [4.69, 9.17) is 26.8 Å². The molecule has 2 rings (SSSR count). The van der Waals surface area contributed by atoms with Crippen LogP contribution in [-0.4, -0.2) is 13.2 Å². The molecule has 0 saturated carbocycles. The van der Waals surface area contributed by atoms with Gasteiger partial charge >= 0.3 is 0 Å². The van der Waals surface area contributed by atoms with E-state index in [0.717, 1.165) is 16.9 Å². The van der Waals surface area contributed by atoms with Gasteiger partial charge in [0.15, 0.2) is 0 Å². The Morgan fingerprint density at radius 1 is 1.00 bits per heavy atom. The van der Waals surface area contributed by atoms with E-state index in [1.807, 2.05) is 48.5 Å². The summed E-state index contributed by atoms with van der Waals surface area (Å²) in [6.07, 6.45) is 0. The fourth-order valence-electron chi connectivity index (χ4n) is 1.75. The fraction of sp³-hybridized carbons (Fsp3) is 0.250. The Bertz CT molecular complexity index is 531. The lowest BCUT2D eigenvalue weighted by Gasteiger charge is -2.09. The molecule has 0 aliphatic carbocycles. The number of benzene rings is 2.